The lowest BCUT2D eigenvalue weighted by Gasteiger charge is -2.18. The Bertz CT molecular complexity index is 792. The second-order valence-electron chi connectivity index (χ2n) is 4.85. The number of amides is 2. The smallest absolute Gasteiger partial charge is 0.262 e. The van der Waals surface area contributed by atoms with Gasteiger partial charge in [0.25, 0.3) is 11.8 Å². The molecule has 0 saturated carbocycles. The van der Waals surface area contributed by atoms with Crippen molar-refractivity contribution in [3.8, 4) is 11.5 Å². The summed E-state index contributed by atoms with van der Waals surface area (Å²) in [6.45, 7) is -0.0249. The Kier molecular flexibility index (Phi) is 4.08. The zero-order valence-electron chi connectivity index (χ0n) is 12.2. The molecule has 0 atom stereocenters. The van der Waals surface area contributed by atoms with Gasteiger partial charge in [0.2, 0.25) is 0 Å². The Morgan fingerprint density at radius 3 is 2.87 bits per heavy atom. The second kappa shape index (κ2) is 6.18. The average Bonchev–Trinajstić information content (AvgIpc) is 2.54. The maximum absolute atomic E-state index is 12.3. The number of carbonyl (C=O) groups excluding carboxylic acids is 2. The largest absolute Gasteiger partial charge is 0.495 e. The van der Waals surface area contributed by atoms with E-state index < -0.39 is 0 Å². The van der Waals surface area contributed by atoms with E-state index in [0.717, 1.165) is 0 Å². The van der Waals surface area contributed by atoms with E-state index in [2.05, 4.69) is 10.6 Å². The molecule has 0 saturated heterocycles. The molecule has 0 radical (unpaired) electrons. The van der Waals surface area contributed by atoms with Gasteiger partial charge in [-0.2, -0.15) is 0 Å². The highest BCUT2D eigenvalue weighted by Crippen LogP contribution is 2.30. The van der Waals surface area contributed by atoms with Crippen LogP contribution in [0.1, 0.15) is 10.4 Å². The molecule has 7 heteroatoms. The maximum Gasteiger partial charge on any atom is 0.262 e. The Labute approximate surface area is 137 Å². The minimum atomic E-state index is -0.325. The normalized spacial score (nSPS) is 12.7. The number of ether oxygens (including phenoxy) is 2. The van der Waals surface area contributed by atoms with Crippen molar-refractivity contribution in [2.24, 2.45) is 0 Å². The van der Waals surface area contributed by atoms with Crippen LogP contribution in [0.15, 0.2) is 36.4 Å². The molecule has 0 spiro atoms. The first-order valence-electron chi connectivity index (χ1n) is 6.78. The molecule has 1 aliphatic heterocycles. The van der Waals surface area contributed by atoms with Gasteiger partial charge in [-0.3, -0.25) is 9.59 Å². The molecule has 0 bridgehead atoms. The van der Waals surface area contributed by atoms with E-state index in [1.807, 2.05) is 0 Å². The Morgan fingerprint density at radius 1 is 1.30 bits per heavy atom. The number of fused-ring (bicyclic) bond motifs is 1. The predicted molar refractivity (Wildman–Crippen MR) is 86.5 cm³/mol. The van der Waals surface area contributed by atoms with E-state index >= 15 is 0 Å². The summed E-state index contributed by atoms with van der Waals surface area (Å²) in [4.78, 5) is 23.6. The fraction of sp³-hybridized carbons (Fsp3) is 0.125. The first-order chi connectivity index (χ1) is 11.1. The molecular formula is C16H13ClN2O4. The van der Waals surface area contributed by atoms with Crippen LogP contribution in [0.5, 0.6) is 11.5 Å². The molecule has 0 fully saturated rings. The molecule has 3 rings (SSSR count). The minimum Gasteiger partial charge on any atom is -0.495 e. The van der Waals surface area contributed by atoms with Crippen molar-refractivity contribution in [3.05, 3.63) is 47.0 Å². The summed E-state index contributed by atoms with van der Waals surface area (Å²) in [5.41, 5.74) is 1.40. The highest BCUT2D eigenvalue weighted by Gasteiger charge is 2.18. The molecule has 6 nitrogen and oxygen atoms in total. The van der Waals surface area contributed by atoms with Crippen molar-refractivity contribution >= 4 is 34.8 Å². The van der Waals surface area contributed by atoms with Crippen LogP contribution in [0.4, 0.5) is 11.4 Å². The summed E-state index contributed by atoms with van der Waals surface area (Å²) in [7, 11) is 1.52. The first kappa shape index (κ1) is 15.2. The summed E-state index contributed by atoms with van der Waals surface area (Å²) in [5.74, 6) is 0.484. The highest BCUT2D eigenvalue weighted by atomic mass is 35.5. The molecule has 2 aromatic carbocycles. The summed E-state index contributed by atoms with van der Waals surface area (Å²) in [5, 5.41) is 5.80. The fourth-order valence-corrected chi connectivity index (χ4v) is 2.43. The Hall–Kier alpha value is -2.73. The molecule has 118 valence electrons. The van der Waals surface area contributed by atoms with Gasteiger partial charge in [-0.25, -0.2) is 0 Å². The molecule has 2 N–H and O–H groups in total. The standard InChI is InChI=1S/C16H13ClN2O4/c1-22-13-5-3-10(7-11(13)17)18-16(21)9-2-4-14-12(6-9)19-15(20)8-23-14/h2-7H,8H2,1H3,(H,18,21)(H,19,20). The molecule has 0 aromatic heterocycles. The highest BCUT2D eigenvalue weighted by molar-refractivity contribution is 6.32. The van der Waals surface area contributed by atoms with Gasteiger partial charge in [0.15, 0.2) is 6.61 Å². The van der Waals surface area contributed by atoms with E-state index in [-0.39, 0.29) is 18.4 Å². The zero-order valence-corrected chi connectivity index (χ0v) is 12.9. The van der Waals surface area contributed by atoms with Crippen molar-refractivity contribution in [3.63, 3.8) is 0 Å². The fourth-order valence-electron chi connectivity index (χ4n) is 2.17. The van der Waals surface area contributed by atoms with Gasteiger partial charge in [-0.15, -0.1) is 0 Å². The first-order valence-corrected chi connectivity index (χ1v) is 7.16. The minimum absolute atomic E-state index is 0.0249. The van der Waals surface area contributed by atoms with E-state index in [1.54, 1.807) is 36.4 Å². The number of hydrogen-bond donors (Lipinski definition) is 2. The number of benzene rings is 2. The van der Waals surface area contributed by atoms with Gasteiger partial charge in [-0.05, 0) is 36.4 Å². The molecule has 23 heavy (non-hydrogen) atoms. The topological polar surface area (TPSA) is 76.7 Å². The zero-order chi connectivity index (χ0) is 16.4. The van der Waals surface area contributed by atoms with Gasteiger partial charge < -0.3 is 20.1 Å². The molecule has 1 aliphatic rings. The predicted octanol–water partition coefficient (Wildman–Crippen LogP) is 2.93. The quantitative estimate of drug-likeness (QED) is 0.906. The number of anilines is 2. The van der Waals surface area contributed by atoms with Crippen LogP contribution in [0, 0.1) is 0 Å². The number of halogens is 1. The third-order valence-electron chi connectivity index (χ3n) is 3.28. The van der Waals surface area contributed by atoms with Crippen LogP contribution < -0.4 is 20.1 Å². The van der Waals surface area contributed by atoms with Gasteiger partial charge in [-0.1, -0.05) is 11.6 Å². The van der Waals surface area contributed by atoms with E-state index in [1.165, 1.54) is 7.11 Å². The van der Waals surface area contributed by atoms with Crippen LogP contribution in [-0.2, 0) is 4.79 Å². The van der Waals surface area contributed by atoms with Crippen molar-refractivity contribution in [1.82, 2.24) is 0 Å². The molecule has 0 unspecified atom stereocenters. The SMILES string of the molecule is COc1ccc(NC(=O)c2ccc3c(c2)NC(=O)CO3)cc1Cl. The summed E-state index contributed by atoms with van der Waals surface area (Å²) >= 11 is 6.03. The summed E-state index contributed by atoms with van der Waals surface area (Å²) in [6.07, 6.45) is 0. The molecule has 2 amide bonds. The van der Waals surface area contributed by atoms with Crippen LogP contribution in [0.25, 0.3) is 0 Å². The van der Waals surface area contributed by atoms with Crippen LogP contribution in [0.2, 0.25) is 5.02 Å². The van der Waals surface area contributed by atoms with Gasteiger partial charge >= 0.3 is 0 Å². The van der Waals surface area contributed by atoms with Crippen LogP contribution in [-0.4, -0.2) is 25.5 Å². The maximum atomic E-state index is 12.3. The van der Waals surface area contributed by atoms with E-state index in [9.17, 15) is 9.59 Å². The lowest BCUT2D eigenvalue weighted by atomic mass is 10.1. The summed E-state index contributed by atoms with van der Waals surface area (Å²) in [6, 6.07) is 9.78. The number of nitrogens with one attached hydrogen (secondary N) is 2. The summed E-state index contributed by atoms with van der Waals surface area (Å²) < 4.78 is 10.3. The van der Waals surface area contributed by atoms with Crippen molar-refractivity contribution in [2.45, 2.75) is 0 Å². The number of hydrogen-bond acceptors (Lipinski definition) is 4. The van der Waals surface area contributed by atoms with Gasteiger partial charge in [0.05, 0.1) is 17.8 Å². The lowest BCUT2D eigenvalue weighted by Crippen LogP contribution is -2.25. The molecule has 0 aliphatic carbocycles. The van der Waals surface area contributed by atoms with Crippen molar-refractivity contribution in [2.75, 3.05) is 24.4 Å². The van der Waals surface area contributed by atoms with Gasteiger partial charge in [0, 0.05) is 11.3 Å². The lowest BCUT2D eigenvalue weighted by molar-refractivity contribution is -0.118. The van der Waals surface area contributed by atoms with Crippen molar-refractivity contribution < 1.29 is 19.1 Å². The molecular weight excluding hydrogens is 320 g/mol. The molecule has 2 aromatic rings. The number of rotatable bonds is 3. The van der Waals surface area contributed by atoms with Crippen molar-refractivity contribution in [1.29, 1.82) is 0 Å². The molecule has 1 heterocycles. The van der Waals surface area contributed by atoms with Gasteiger partial charge in [0.1, 0.15) is 11.5 Å². The monoisotopic (exact) mass is 332 g/mol. The Balaban J connectivity index is 1.79. The van der Waals surface area contributed by atoms with E-state index in [4.69, 9.17) is 21.1 Å². The Morgan fingerprint density at radius 2 is 2.13 bits per heavy atom. The van der Waals surface area contributed by atoms with Crippen LogP contribution >= 0.6 is 11.6 Å². The number of methoxy groups -OCH3 is 1. The average molecular weight is 333 g/mol. The third kappa shape index (κ3) is 3.22. The third-order valence-corrected chi connectivity index (χ3v) is 3.58. The van der Waals surface area contributed by atoms with E-state index in [0.29, 0.717) is 33.5 Å². The van der Waals surface area contributed by atoms with Crippen LogP contribution in [0.3, 0.4) is 0 Å². The second-order valence-corrected chi connectivity index (χ2v) is 5.26. The number of carbonyl (C=O) groups is 2.